The Morgan fingerprint density at radius 1 is 1.43 bits per heavy atom. The van der Waals surface area contributed by atoms with Gasteiger partial charge in [0.05, 0.1) is 19.3 Å². The number of halogens is 1. The highest BCUT2D eigenvalue weighted by Crippen LogP contribution is 2.15. The average molecular weight is 291 g/mol. The van der Waals surface area contributed by atoms with Gasteiger partial charge in [0.1, 0.15) is 5.82 Å². The number of esters is 1. The van der Waals surface area contributed by atoms with Crippen molar-refractivity contribution in [1.29, 1.82) is 0 Å². The highest BCUT2D eigenvalue weighted by molar-refractivity contribution is 5.88. The maximum absolute atomic E-state index is 13.4. The molecule has 0 aliphatic rings. The van der Waals surface area contributed by atoms with E-state index in [4.69, 9.17) is 4.74 Å². The number of rotatable bonds is 5. The Kier molecular flexibility index (Phi) is 4.67. The molecule has 21 heavy (non-hydrogen) atoms. The molecule has 1 heterocycles. The van der Waals surface area contributed by atoms with Crippen molar-refractivity contribution in [3.8, 4) is 0 Å². The van der Waals surface area contributed by atoms with E-state index in [0.29, 0.717) is 18.7 Å². The maximum Gasteiger partial charge on any atom is 0.360 e. The van der Waals surface area contributed by atoms with Crippen molar-refractivity contribution in [3.05, 3.63) is 46.5 Å². The van der Waals surface area contributed by atoms with E-state index >= 15 is 0 Å². The van der Waals surface area contributed by atoms with Crippen LogP contribution in [0.4, 0.5) is 4.39 Å². The summed E-state index contributed by atoms with van der Waals surface area (Å²) in [4.78, 5) is 11.7. The zero-order valence-electron chi connectivity index (χ0n) is 12.4. The topological polar surface area (TPSA) is 57.0 Å². The molecule has 0 aliphatic carbocycles. The van der Waals surface area contributed by atoms with E-state index < -0.39 is 5.97 Å². The lowest BCUT2D eigenvalue weighted by atomic mass is 10.1. The number of carbonyl (C=O) groups excluding carboxylic acids is 1. The highest BCUT2D eigenvalue weighted by atomic mass is 19.1. The number of carbonyl (C=O) groups is 1. The highest BCUT2D eigenvalue weighted by Gasteiger charge is 2.20. The van der Waals surface area contributed by atoms with E-state index in [0.717, 1.165) is 17.5 Å². The van der Waals surface area contributed by atoms with E-state index in [1.54, 1.807) is 10.7 Å². The molecular formula is C15H18FN3O2. The number of methoxy groups -OCH3 is 1. The molecule has 1 aromatic carbocycles. The van der Waals surface area contributed by atoms with Crippen molar-refractivity contribution in [3.63, 3.8) is 0 Å². The Morgan fingerprint density at radius 2 is 2.19 bits per heavy atom. The van der Waals surface area contributed by atoms with Crippen molar-refractivity contribution in [2.24, 2.45) is 0 Å². The fourth-order valence-corrected chi connectivity index (χ4v) is 2.17. The predicted molar refractivity (Wildman–Crippen MR) is 75.6 cm³/mol. The molecule has 0 unspecified atom stereocenters. The number of ether oxygens (including phenoxy) is 1. The molecule has 0 radical (unpaired) electrons. The summed E-state index contributed by atoms with van der Waals surface area (Å²) in [6.07, 6.45) is 1.51. The van der Waals surface area contributed by atoms with E-state index in [1.807, 2.05) is 13.8 Å². The van der Waals surface area contributed by atoms with Gasteiger partial charge < -0.3 is 4.74 Å². The number of aromatic nitrogens is 3. The Balaban J connectivity index is 2.37. The molecular weight excluding hydrogens is 273 g/mol. The number of nitrogens with zero attached hydrogens (tertiary/aromatic N) is 3. The summed E-state index contributed by atoms with van der Waals surface area (Å²) in [5.41, 5.74) is 2.73. The standard InChI is InChI=1S/C15H18FN3O2/c1-4-5-13-14(15(20)21-3)17-18-19(13)9-11-8-12(16)7-6-10(11)2/h6-8H,4-5,9H2,1-3H3. The molecule has 0 saturated carbocycles. The van der Waals surface area contributed by atoms with Crippen LogP contribution in [-0.2, 0) is 17.7 Å². The lowest BCUT2D eigenvalue weighted by Gasteiger charge is -2.09. The van der Waals surface area contributed by atoms with Gasteiger partial charge in [0, 0.05) is 0 Å². The quantitative estimate of drug-likeness (QED) is 0.794. The summed E-state index contributed by atoms with van der Waals surface area (Å²) in [6, 6.07) is 4.62. The van der Waals surface area contributed by atoms with Gasteiger partial charge in [-0.2, -0.15) is 0 Å². The zero-order valence-corrected chi connectivity index (χ0v) is 12.4. The second-order valence-electron chi connectivity index (χ2n) is 4.85. The fraction of sp³-hybridized carbons (Fsp3) is 0.400. The van der Waals surface area contributed by atoms with Crippen molar-refractivity contribution in [2.45, 2.75) is 33.2 Å². The maximum atomic E-state index is 13.4. The van der Waals surface area contributed by atoms with Gasteiger partial charge in [0.25, 0.3) is 0 Å². The smallest absolute Gasteiger partial charge is 0.360 e. The van der Waals surface area contributed by atoms with Crippen molar-refractivity contribution in [2.75, 3.05) is 7.11 Å². The van der Waals surface area contributed by atoms with Crippen LogP contribution in [0.15, 0.2) is 18.2 Å². The van der Waals surface area contributed by atoms with Crippen LogP contribution in [0.5, 0.6) is 0 Å². The molecule has 6 heteroatoms. The minimum atomic E-state index is -0.499. The van der Waals surface area contributed by atoms with Crippen LogP contribution in [0.25, 0.3) is 0 Å². The van der Waals surface area contributed by atoms with Crippen LogP contribution in [-0.4, -0.2) is 28.1 Å². The molecule has 0 bridgehead atoms. The van der Waals surface area contributed by atoms with Crippen molar-refractivity contribution < 1.29 is 13.9 Å². The minimum Gasteiger partial charge on any atom is -0.464 e. The predicted octanol–water partition coefficient (Wildman–Crippen LogP) is 2.51. The van der Waals surface area contributed by atoms with Crippen LogP contribution >= 0.6 is 0 Å². The first-order chi connectivity index (χ1) is 10.1. The first-order valence-electron chi connectivity index (χ1n) is 6.82. The molecule has 0 spiro atoms. The van der Waals surface area contributed by atoms with Gasteiger partial charge >= 0.3 is 5.97 Å². The second-order valence-corrected chi connectivity index (χ2v) is 4.85. The Labute approximate surface area is 122 Å². The van der Waals surface area contributed by atoms with E-state index in [9.17, 15) is 9.18 Å². The van der Waals surface area contributed by atoms with E-state index in [-0.39, 0.29) is 11.5 Å². The average Bonchev–Trinajstić information content (AvgIpc) is 2.85. The van der Waals surface area contributed by atoms with Crippen molar-refractivity contribution in [1.82, 2.24) is 15.0 Å². The largest absolute Gasteiger partial charge is 0.464 e. The normalized spacial score (nSPS) is 10.7. The number of benzene rings is 1. The summed E-state index contributed by atoms with van der Waals surface area (Å²) in [7, 11) is 1.31. The van der Waals surface area contributed by atoms with Crippen LogP contribution in [0.1, 0.15) is 40.7 Å². The Bertz CT molecular complexity index is 652. The van der Waals surface area contributed by atoms with Gasteiger partial charge in [0.15, 0.2) is 5.69 Å². The molecule has 0 fully saturated rings. The SMILES string of the molecule is CCCc1c(C(=O)OC)nnn1Cc1cc(F)ccc1C. The first kappa shape index (κ1) is 15.2. The van der Waals surface area contributed by atoms with E-state index in [1.165, 1.54) is 19.2 Å². The third-order valence-electron chi connectivity index (χ3n) is 3.33. The van der Waals surface area contributed by atoms with Crippen molar-refractivity contribution >= 4 is 5.97 Å². The monoisotopic (exact) mass is 291 g/mol. The van der Waals surface area contributed by atoms with Crippen LogP contribution < -0.4 is 0 Å². The van der Waals surface area contributed by atoms with Gasteiger partial charge in [-0.05, 0) is 36.6 Å². The lowest BCUT2D eigenvalue weighted by molar-refractivity contribution is 0.0592. The molecule has 0 saturated heterocycles. The third-order valence-corrected chi connectivity index (χ3v) is 3.33. The lowest BCUT2D eigenvalue weighted by Crippen LogP contribution is -2.11. The number of hydrogen-bond donors (Lipinski definition) is 0. The molecule has 0 atom stereocenters. The second kappa shape index (κ2) is 6.47. The summed E-state index contributed by atoms with van der Waals surface area (Å²) in [5, 5.41) is 7.91. The Morgan fingerprint density at radius 3 is 2.86 bits per heavy atom. The summed E-state index contributed by atoms with van der Waals surface area (Å²) in [6.45, 7) is 4.29. The van der Waals surface area contributed by atoms with Gasteiger partial charge in [-0.3, -0.25) is 0 Å². The molecule has 0 N–H and O–H groups in total. The third kappa shape index (κ3) is 3.26. The Hall–Kier alpha value is -2.24. The zero-order chi connectivity index (χ0) is 15.4. The van der Waals surface area contributed by atoms with Gasteiger partial charge in [-0.1, -0.05) is 24.6 Å². The molecule has 1 aromatic heterocycles. The molecule has 112 valence electrons. The van der Waals surface area contributed by atoms with E-state index in [2.05, 4.69) is 10.3 Å². The van der Waals surface area contributed by atoms with Crippen LogP contribution in [0.3, 0.4) is 0 Å². The van der Waals surface area contributed by atoms with Crippen LogP contribution in [0, 0.1) is 12.7 Å². The number of aryl methyl sites for hydroxylation is 1. The molecule has 2 aromatic rings. The first-order valence-corrected chi connectivity index (χ1v) is 6.82. The molecule has 0 amide bonds. The fourth-order valence-electron chi connectivity index (χ4n) is 2.17. The van der Waals surface area contributed by atoms with Gasteiger partial charge in [-0.15, -0.1) is 5.10 Å². The molecule has 0 aliphatic heterocycles. The summed E-state index contributed by atoms with van der Waals surface area (Å²) in [5.74, 6) is -0.790. The molecule has 5 nitrogen and oxygen atoms in total. The molecule has 2 rings (SSSR count). The summed E-state index contributed by atoms with van der Waals surface area (Å²) >= 11 is 0. The van der Waals surface area contributed by atoms with Gasteiger partial charge in [0.2, 0.25) is 0 Å². The number of hydrogen-bond acceptors (Lipinski definition) is 4. The van der Waals surface area contributed by atoms with Gasteiger partial charge in [-0.25, -0.2) is 13.9 Å². The minimum absolute atomic E-state index is 0.230. The van der Waals surface area contributed by atoms with Crippen LogP contribution in [0.2, 0.25) is 0 Å². The summed E-state index contributed by atoms with van der Waals surface area (Å²) < 4.78 is 19.7.